The van der Waals surface area contributed by atoms with Gasteiger partial charge in [0, 0.05) is 24.9 Å². The molecule has 1 fully saturated rings. The lowest BCUT2D eigenvalue weighted by atomic mass is 9.93. The summed E-state index contributed by atoms with van der Waals surface area (Å²) in [5.41, 5.74) is -1.07. The van der Waals surface area contributed by atoms with E-state index in [0.29, 0.717) is 25.9 Å². The Morgan fingerprint density at radius 1 is 1.15 bits per heavy atom. The number of nitrogens with zero attached hydrogens (tertiary/aromatic N) is 1. The molecule has 1 aromatic carbocycles. The zero-order valence-corrected chi connectivity index (χ0v) is 15.1. The maximum absolute atomic E-state index is 13.0. The minimum atomic E-state index is -4.52. The molecule has 1 N–H and O–H groups in total. The number of halogens is 3. The summed E-state index contributed by atoms with van der Waals surface area (Å²) in [6.07, 6.45) is -2.03. The fourth-order valence-electron chi connectivity index (χ4n) is 3.33. The Morgan fingerprint density at radius 3 is 2.27 bits per heavy atom. The Hall–Kier alpha value is -2.05. The zero-order valence-electron chi connectivity index (χ0n) is 15.1. The quantitative estimate of drug-likeness (QED) is 0.839. The number of carbonyl (C=O) groups is 2. The molecule has 1 aliphatic heterocycles. The molecule has 0 unspecified atom stereocenters. The van der Waals surface area contributed by atoms with Crippen LogP contribution in [0, 0.1) is 11.8 Å². The van der Waals surface area contributed by atoms with Gasteiger partial charge in [0.05, 0.1) is 11.3 Å². The highest BCUT2D eigenvalue weighted by molar-refractivity contribution is 5.93. The number of anilines is 1. The second-order valence-corrected chi connectivity index (χ2v) is 6.65. The molecule has 144 valence electrons. The number of hydrogen-bond donors (Lipinski definition) is 1. The van der Waals surface area contributed by atoms with Crippen molar-refractivity contribution in [2.75, 3.05) is 18.4 Å². The minimum absolute atomic E-state index is 0.000890. The number of benzene rings is 1. The third kappa shape index (κ3) is 4.77. The van der Waals surface area contributed by atoms with Crippen molar-refractivity contribution in [1.29, 1.82) is 0 Å². The highest BCUT2D eigenvalue weighted by Gasteiger charge is 2.35. The fourth-order valence-corrected chi connectivity index (χ4v) is 3.33. The Kier molecular flexibility index (Phi) is 6.67. The molecule has 1 saturated heterocycles. The van der Waals surface area contributed by atoms with Crippen molar-refractivity contribution in [3.63, 3.8) is 0 Å². The van der Waals surface area contributed by atoms with E-state index in [4.69, 9.17) is 0 Å². The summed E-state index contributed by atoms with van der Waals surface area (Å²) in [6, 6.07) is 4.96. The summed E-state index contributed by atoms with van der Waals surface area (Å²) in [5, 5.41) is 2.41. The summed E-state index contributed by atoms with van der Waals surface area (Å²) >= 11 is 0. The number of likely N-dealkylation sites (tertiary alicyclic amines) is 1. The molecule has 0 atom stereocenters. The topological polar surface area (TPSA) is 49.4 Å². The molecular weight excluding hydrogens is 345 g/mol. The first kappa shape index (κ1) is 20.3. The highest BCUT2D eigenvalue weighted by atomic mass is 19.4. The third-order valence-electron chi connectivity index (χ3n) is 5.00. The van der Waals surface area contributed by atoms with E-state index in [2.05, 4.69) is 5.32 Å². The lowest BCUT2D eigenvalue weighted by molar-refractivity contribution is -0.139. The van der Waals surface area contributed by atoms with Crippen LogP contribution in [-0.2, 0) is 15.8 Å². The molecule has 7 heteroatoms. The Balaban J connectivity index is 1.97. The van der Waals surface area contributed by atoms with Crippen LogP contribution in [0.1, 0.15) is 45.1 Å². The van der Waals surface area contributed by atoms with Gasteiger partial charge in [-0.3, -0.25) is 9.59 Å². The average Bonchev–Trinajstić information content (AvgIpc) is 2.62. The van der Waals surface area contributed by atoms with E-state index in [1.165, 1.54) is 18.2 Å². The maximum atomic E-state index is 13.0. The summed E-state index contributed by atoms with van der Waals surface area (Å²) in [4.78, 5) is 26.5. The van der Waals surface area contributed by atoms with Crippen molar-refractivity contribution in [2.45, 2.75) is 45.7 Å². The molecule has 0 bridgehead atoms. The number of nitrogens with one attached hydrogen (secondary N) is 1. The summed E-state index contributed by atoms with van der Waals surface area (Å²) in [6.45, 7) is 4.89. The largest absolute Gasteiger partial charge is 0.418 e. The molecule has 26 heavy (non-hydrogen) atoms. The van der Waals surface area contributed by atoms with Crippen molar-refractivity contribution in [1.82, 2.24) is 4.90 Å². The number of carbonyl (C=O) groups excluding carboxylic acids is 2. The molecule has 2 amide bonds. The number of piperidine rings is 1. The summed E-state index contributed by atoms with van der Waals surface area (Å²) in [5.74, 6) is -0.700. The minimum Gasteiger partial charge on any atom is -0.342 e. The summed E-state index contributed by atoms with van der Waals surface area (Å²) < 4.78 is 39.1. The van der Waals surface area contributed by atoms with Crippen LogP contribution in [0.25, 0.3) is 0 Å². The van der Waals surface area contributed by atoms with Crippen molar-refractivity contribution < 1.29 is 22.8 Å². The van der Waals surface area contributed by atoms with Crippen LogP contribution < -0.4 is 5.32 Å². The molecule has 2 rings (SSSR count). The van der Waals surface area contributed by atoms with Gasteiger partial charge in [-0.25, -0.2) is 0 Å². The second-order valence-electron chi connectivity index (χ2n) is 6.65. The van der Waals surface area contributed by atoms with Crippen molar-refractivity contribution >= 4 is 17.5 Å². The molecule has 0 saturated carbocycles. The van der Waals surface area contributed by atoms with E-state index in [-0.39, 0.29) is 23.4 Å². The Morgan fingerprint density at radius 2 is 1.73 bits per heavy atom. The standard InChI is InChI=1S/C19H25F3N2O2/c1-3-13(4-2)18(26)24-11-9-14(10-12-24)17(25)23-16-8-6-5-7-15(16)19(20,21)22/h5-8,13-14H,3-4,9-12H2,1-2H3,(H,23,25). The van der Waals surface area contributed by atoms with Gasteiger partial charge in [-0.1, -0.05) is 26.0 Å². The van der Waals surface area contributed by atoms with Gasteiger partial charge in [0.15, 0.2) is 0 Å². The summed E-state index contributed by atoms with van der Waals surface area (Å²) in [7, 11) is 0. The molecular formula is C19H25F3N2O2. The molecule has 1 aromatic rings. The van der Waals surface area contributed by atoms with E-state index in [1.807, 2.05) is 13.8 Å². The smallest absolute Gasteiger partial charge is 0.342 e. The average molecular weight is 370 g/mol. The number of alkyl halides is 3. The molecule has 0 aliphatic carbocycles. The van der Waals surface area contributed by atoms with Gasteiger partial charge in [0.25, 0.3) is 0 Å². The van der Waals surface area contributed by atoms with Crippen LogP contribution in [0.2, 0.25) is 0 Å². The van der Waals surface area contributed by atoms with Gasteiger partial charge in [0.1, 0.15) is 0 Å². The van der Waals surface area contributed by atoms with Crippen molar-refractivity contribution in [3.05, 3.63) is 29.8 Å². The number of rotatable bonds is 5. The third-order valence-corrected chi connectivity index (χ3v) is 5.00. The Bertz CT molecular complexity index is 634. The van der Waals surface area contributed by atoms with Crippen molar-refractivity contribution in [2.24, 2.45) is 11.8 Å². The maximum Gasteiger partial charge on any atom is 0.418 e. The SMILES string of the molecule is CCC(CC)C(=O)N1CCC(C(=O)Nc2ccccc2C(F)(F)F)CC1. The van der Waals surface area contributed by atoms with Crippen LogP contribution in [0.4, 0.5) is 18.9 Å². The van der Waals surface area contributed by atoms with Gasteiger partial charge < -0.3 is 10.2 Å². The molecule has 4 nitrogen and oxygen atoms in total. The van der Waals surface area contributed by atoms with E-state index in [0.717, 1.165) is 18.9 Å². The lowest BCUT2D eigenvalue weighted by Gasteiger charge is -2.33. The van der Waals surface area contributed by atoms with E-state index >= 15 is 0 Å². The van der Waals surface area contributed by atoms with Gasteiger partial charge in [-0.05, 0) is 37.8 Å². The fraction of sp³-hybridized carbons (Fsp3) is 0.579. The van der Waals surface area contributed by atoms with Crippen LogP contribution in [-0.4, -0.2) is 29.8 Å². The van der Waals surface area contributed by atoms with Gasteiger partial charge in [0.2, 0.25) is 11.8 Å². The molecule has 0 aromatic heterocycles. The number of hydrogen-bond acceptors (Lipinski definition) is 2. The normalized spacial score (nSPS) is 16.0. The van der Waals surface area contributed by atoms with E-state index in [9.17, 15) is 22.8 Å². The van der Waals surface area contributed by atoms with Crippen molar-refractivity contribution in [3.8, 4) is 0 Å². The van der Waals surface area contributed by atoms with Gasteiger partial charge >= 0.3 is 6.18 Å². The van der Waals surface area contributed by atoms with Gasteiger partial charge in [-0.2, -0.15) is 13.2 Å². The van der Waals surface area contributed by atoms with E-state index < -0.39 is 17.6 Å². The van der Waals surface area contributed by atoms with Crippen LogP contribution in [0.5, 0.6) is 0 Å². The highest BCUT2D eigenvalue weighted by Crippen LogP contribution is 2.35. The second kappa shape index (κ2) is 8.56. The number of para-hydroxylation sites is 1. The zero-order chi connectivity index (χ0) is 19.3. The van der Waals surface area contributed by atoms with Crippen LogP contribution in [0.3, 0.4) is 0 Å². The van der Waals surface area contributed by atoms with Crippen LogP contribution in [0.15, 0.2) is 24.3 Å². The van der Waals surface area contributed by atoms with E-state index in [1.54, 1.807) is 4.90 Å². The van der Waals surface area contributed by atoms with Gasteiger partial charge in [-0.15, -0.1) is 0 Å². The number of amides is 2. The molecule has 0 radical (unpaired) electrons. The predicted molar refractivity (Wildman–Crippen MR) is 93.4 cm³/mol. The first-order valence-corrected chi connectivity index (χ1v) is 9.03. The lowest BCUT2D eigenvalue weighted by Crippen LogP contribution is -2.43. The monoisotopic (exact) mass is 370 g/mol. The Labute approximate surface area is 151 Å². The molecule has 0 spiro atoms. The molecule has 1 heterocycles. The first-order valence-electron chi connectivity index (χ1n) is 9.03. The van der Waals surface area contributed by atoms with Crippen LogP contribution >= 0.6 is 0 Å². The first-order chi connectivity index (χ1) is 12.3. The predicted octanol–water partition coefficient (Wildman–Crippen LogP) is 4.32. The molecule has 1 aliphatic rings.